The normalized spacial score (nSPS) is 19.0. The predicted octanol–water partition coefficient (Wildman–Crippen LogP) is 4.20. The van der Waals surface area contributed by atoms with E-state index in [-0.39, 0.29) is 5.16 Å². The van der Waals surface area contributed by atoms with Crippen LogP contribution in [-0.2, 0) is 6.54 Å². The van der Waals surface area contributed by atoms with Crippen molar-refractivity contribution in [3.05, 3.63) is 66.2 Å². The Labute approximate surface area is 231 Å². The number of ether oxygens (including phenoxy) is 1. The predicted molar refractivity (Wildman–Crippen MR) is 156 cm³/mol. The highest BCUT2D eigenvalue weighted by molar-refractivity contribution is 7.18. The number of nitrogens with one attached hydrogen (secondary N) is 1. The van der Waals surface area contributed by atoms with E-state index >= 15 is 0 Å². The highest BCUT2D eigenvalue weighted by atomic mass is 31.0. The number of pyridine rings is 3. The maximum atomic E-state index is 9.70. The Bertz CT molecular complexity index is 1510. The number of hydrogen-bond donors (Lipinski definition) is 1. The molecule has 1 N–H and O–H groups in total. The van der Waals surface area contributed by atoms with Gasteiger partial charge in [0.1, 0.15) is 11.9 Å². The lowest BCUT2D eigenvalue weighted by Gasteiger charge is -2.56. The number of anilines is 2. The first-order chi connectivity index (χ1) is 18.8. The molecule has 7 heterocycles. The molecule has 0 spiro atoms. The van der Waals surface area contributed by atoms with E-state index in [0.717, 1.165) is 54.3 Å². The molecule has 0 aliphatic carbocycles. The fraction of sp³-hybridized carbons (Fsp3) is 0.379. The SMILES string of the molecule is COc1ccc(CN2C3CC2CN(c2ccc(-c4cc(NCC(C)(C)P)cn5ncc(C#N)c45)cn2)C3)cn1. The molecule has 3 aliphatic rings. The van der Waals surface area contributed by atoms with Crippen LogP contribution >= 0.6 is 9.24 Å². The fourth-order valence-electron chi connectivity index (χ4n) is 5.55. The molecular formula is C29H33N8OP. The molecule has 2 bridgehead atoms. The Morgan fingerprint density at radius 2 is 1.95 bits per heavy atom. The molecule has 3 saturated heterocycles. The number of hydrogen-bond acceptors (Lipinski definition) is 8. The third-order valence-electron chi connectivity index (χ3n) is 7.58. The second-order valence-corrected chi connectivity index (χ2v) is 12.7. The minimum absolute atomic E-state index is 0.0521. The summed E-state index contributed by atoms with van der Waals surface area (Å²) in [6.45, 7) is 7.94. The van der Waals surface area contributed by atoms with Gasteiger partial charge in [0.05, 0.1) is 36.3 Å². The van der Waals surface area contributed by atoms with E-state index in [1.54, 1.807) is 17.8 Å². The average Bonchev–Trinajstić information content (AvgIpc) is 3.37. The molecule has 3 atom stereocenters. The van der Waals surface area contributed by atoms with Crippen LogP contribution in [0.4, 0.5) is 11.5 Å². The smallest absolute Gasteiger partial charge is 0.212 e. The quantitative estimate of drug-likeness (QED) is 0.333. The molecule has 7 rings (SSSR count). The highest BCUT2D eigenvalue weighted by Crippen LogP contribution is 2.36. The van der Waals surface area contributed by atoms with Crippen molar-refractivity contribution in [3.8, 4) is 23.1 Å². The van der Waals surface area contributed by atoms with Crippen LogP contribution in [0.25, 0.3) is 16.6 Å². The van der Waals surface area contributed by atoms with Gasteiger partial charge in [0.25, 0.3) is 0 Å². The van der Waals surface area contributed by atoms with Gasteiger partial charge in [-0.15, -0.1) is 9.24 Å². The third-order valence-corrected chi connectivity index (χ3v) is 7.78. The maximum Gasteiger partial charge on any atom is 0.212 e. The Balaban J connectivity index is 1.19. The number of piperazine rings is 1. The number of fused-ring (bicyclic) bond motifs is 3. The van der Waals surface area contributed by atoms with Gasteiger partial charge in [0.15, 0.2) is 0 Å². The Morgan fingerprint density at radius 3 is 2.59 bits per heavy atom. The second kappa shape index (κ2) is 10.1. The van der Waals surface area contributed by atoms with Crippen molar-refractivity contribution in [2.24, 2.45) is 0 Å². The summed E-state index contributed by atoms with van der Waals surface area (Å²) in [4.78, 5) is 14.2. The van der Waals surface area contributed by atoms with Gasteiger partial charge in [-0.3, -0.25) is 4.90 Å². The highest BCUT2D eigenvalue weighted by Gasteiger charge is 2.44. The average molecular weight is 541 g/mol. The lowest BCUT2D eigenvalue weighted by molar-refractivity contribution is -0.00876. The van der Waals surface area contributed by atoms with Gasteiger partial charge in [-0.2, -0.15) is 10.4 Å². The van der Waals surface area contributed by atoms with Crippen LogP contribution in [0.3, 0.4) is 0 Å². The van der Waals surface area contributed by atoms with Crippen molar-refractivity contribution in [1.82, 2.24) is 24.5 Å². The van der Waals surface area contributed by atoms with Crippen LogP contribution in [0.2, 0.25) is 0 Å². The van der Waals surface area contributed by atoms with Crippen molar-refractivity contribution in [1.29, 1.82) is 5.26 Å². The lowest BCUT2D eigenvalue weighted by Crippen LogP contribution is -2.68. The van der Waals surface area contributed by atoms with Gasteiger partial charge in [0, 0.05) is 67.8 Å². The van der Waals surface area contributed by atoms with E-state index in [9.17, 15) is 5.26 Å². The summed E-state index contributed by atoms with van der Waals surface area (Å²) in [5.41, 5.74) is 5.41. The standard InChI is InChI=1S/C29H33N8OP/c1-29(2,39)18-33-22-8-25(28-21(10-30)13-34-37(28)15-22)20-5-6-26(31-12-20)35-16-23-9-24(17-35)36(23)14-19-4-7-27(38-3)32-11-19/h4-8,11-13,15,23-24,33H,9,14,16-18,39H2,1-3H3. The van der Waals surface area contributed by atoms with E-state index in [1.807, 2.05) is 24.7 Å². The number of nitriles is 1. The summed E-state index contributed by atoms with van der Waals surface area (Å²) >= 11 is 0. The van der Waals surface area contributed by atoms with Crippen LogP contribution in [0.1, 0.15) is 31.4 Å². The van der Waals surface area contributed by atoms with E-state index in [2.05, 4.69) is 78.6 Å². The summed E-state index contributed by atoms with van der Waals surface area (Å²) in [7, 11) is 4.50. The van der Waals surface area contributed by atoms with Gasteiger partial charge in [0.2, 0.25) is 5.88 Å². The van der Waals surface area contributed by atoms with Crippen LogP contribution in [0.15, 0.2) is 55.1 Å². The van der Waals surface area contributed by atoms with E-state index < -0.39 is 0 Å². The molecule has 4 aromatic rings. The maximum absolute atomic E-state index is 9.70. The zero-order chi connectivity index (χ0) is 27.1. The van der Waals surface area contributed by atoms with Crippen LogP contribution < -0.4 is 15.0 Å². The minimum atomic E-state index is 0.0521. The number of piperidine rings is 1. The van der Waals surface area contributed by atoms with E-state index in [4.69, 9.17) is 9.72 Å². The first kappa shape index (κ1) is 25.5. The van der Waals surface area contributed by atoms with Crippen molar-refractivity contribution in [2.45, 2.75) is 44.1 Å². The summed E-state index contributed by atoms with van der Waals surface area (Å²) < 4.78 is 6.97. The van der Waals surface area contributed by atoms with Crippen molar-refractivity contribution in [3.63, 3.8) is 0 Å². The minimum Gasteiger partial charge on any atom is -0.481 e. The summed E-state index contributed by atoms with van der Waals surface area (Å²) in [5.74, 6) is 1.64. The topological polar surface area (TPSA) is 94.6 Å². The van der Waals surface area contributed by atoms with Crippen molar-refractivity contribution >= 4 is 26.3 Å². The van der Waals surface area contributed by atoms with Crippen LogP contribution in [-0.4, -0.2) is 68.5 Å². The van der Waals surface area contributed by atoms with E-state index in [0.29, 0.717) is 23.5 Å². The Hall–Kier alpha value is -3.73. The molecule has 9 nitrogen and oxygen atoms in total. The molecule has 0 aromatic carbocycles. The summed E-state index contributed by atoms with van der Waals surface area (Å²) in [5, 5.41) is 17.7. The Morgan fingerprint density at radius 1 is 1.13 bits per heavy atom. The van der Waals surface area contributed by atoms with Crippen molar-refractivity contribution < 1.29 is 4.74 Å². The molecule has 3 fully saturated rings. The zero-order valence-corrected chi connectivity index (χ0v) is 23.7. The molecular weight excluding hydrogens is 507 g/mol. The van der Waals surface area contributed by atoms with Crippen molar-refractivity contribution in [2.75, 3.05) is 37.0 Å². The fourth-order valence-corrected chi connectivity index (χ4v) is 5.65. The molecule has 4 aromatic heterocycles. The summed E-state index contributed by atoms with van der Waals surface area (Å²) in [6.07, 6.45) is 8.61. The number of rotatable bonds is 8. The number of nitrogens with zero attached hydrogens (tertiary/aromatic N) is 7. The number of aromatic nitrogens is 4. The van der Waals surface area contributed by atoms with Crippen LogP contribution in [0, 0.1) is 11.3 Å². The van der Waals surface area contributed by atoms with E-state index in [1.165, 1.54) is 12.0 Å². The molecule has 3 unspecified atom stereocenters. The van der Waals surface area contributed by atoms with Gasteiger partial charge in [-0.25, -0.2) is 14.5 Å². The zero-order valence-electron chi connectivity index (χ0n) is 22.5. The molecule has 39 heavy (non-hydrogen) atoms. The molecule has 0 amide bonds. The van der Waals surface area contributed by atoms with Gasteiger partial charge >= 0.3 is 0 Å². The third kappa shape index (κ3) is 5.15. The van der Waals surface area contributed by atoms with Gasteiger partial charge in [-0.1, -0.05) is 19.9 Å². The molecule has 10 heteroatoms. The first-order valence-electron chi connectivity index (χ1n) is 13.2. The second-order valence-electron chi connectivity index (χ2n) is 11.2. The van der Waals surface area contributed by atoms with Crippen LogP contribution in [0.5, 0.6) is 5.88 Å². The van der Waals surface area contributed by atoms with Gasteiger partial charge in [-0.05, 0) is 35.3 Å². The molecule has 0 radical (unpaired) electrons. The summed E-state index contributed by atoms with van der Waals surface area (Å²) in [6, 6.07) is 13.6. The number of methoxy groups -OCH3 is 1. The molecule has 200 valence electrons. The van der Waals surface area contributed by atoms with Gasteiger partial charge < -0.3 is 15.0 Å². The Kier molecular flexibility index (Phi) is 6.62. The largest absolute Gasteiger partial charge is 0.481 e. The first-order valence-corrected chi connectivity index (χ1v) is 13.8. The lowest BCUT2D eigenvalue weighted by atomic mass is 9.87. The monoisotopic (exact) mass is 540 g/mol. The molecule has 3 aliphatic heterocycles. The molecule has 0 saturated carbocycles.